The monoisotopic (exact) mass is 510 g/mol. The molecule has 0 aromatic heterocycles. The SMILES string of the molecule is CCO[C@@H](CC/C=C/C(=O)NO)[C@@H](OC(=O)Nc1ccc(Br)cc1)c1ccc(O)c(F)c1. The molecule has 0 saturated carbocycles. The smallest absolute Gasteiger partial charge is 0.412 e. The molecule has 0 aliphatic rings. The van der Waals surface area contributed by atoms with Gasteiger partial charge in [-0.3, -0.25) is 15.3 Å². The number of carbonyl (C=O) groups is 2. The molecule has 10 heteroatoms. The number of phenols is 1. The van der Waals surface area contributed by atoms with E-state index in [1.807, 2.05) is 0 Å². The average Bonchev–Trinajstić information content (AvgIpc) is 2.77. The van der Waals surface area contributed by atoms with E-state index in [4.69, 9.17) is 14.7 Å². The van der Waals surface area contributed by atoms with Crippen molar-refractivity contribution in [3.63, 3.8) is 0 Å². The maximum absolute atomic E-state index is 14.0. The fourth-order valence-corrected chi connectivity index (χ4v) is 3.14. The Morgan fingerprint density at radius 3 is 2.56 bits per heavy atom. The highest BCUT2D eigenvalue weighted by Crippen LogP contribution is 2.30. The molecule has 0 unspecified atom stereocenters. The first-order valence-electron chi connectivity index (χ1n) is 9.77. The van der Waals surface area contributed by atoms with Crippen molar-refractivity contribution in [1.29, 1.82) is 0 Å². The second kappa shape index (κ2) is 12.8. The summed E-state index contributed by atoms with van der Waals surface area (Å²) in [5, 5.41) is 20.7. The molecule has 2 atom stereocenters. The first kappa shape index (κ1) is 25.3. The number of hydrogen-bond donors (Lipinski definition) is 4. The Balaban J connectivity index is 2.22. The van der Waals surface area contributed by atoms with Gasteiger partial charge in [0.15, 0.2) is 17.7 Å². The van der Waals surface area contributed by atoms with Crippen molar-refractivity contribution in [3.8, 4) is 5.75 Å². The van der Waals surface area contributed by atoms with Gasteiger partial charge in [0.2, 0.25) is 0 Å². The number of halogens is 2. The average molecular weight is 511 g/mol. The maximum Gasteiger partial charge on any atom is 0.412 e. The number of ether oxygens (including phenoxy) is 2. The van der Waals surface area contributed by atoms with Gasteiger partial charge in [-0.05, 0) is 61.7 Å². The predicted octanol–water partition coefficient (Wildman–Crippen LogP) is 4.83. The van der Waals surface area contributed by atoms with E-state index in [1.54, 1.807) is 31.2 Å². The summed E-state index contributed by atoms with van der Waals surface area (Å²) in [5.41, 5.74) is 2.28. The summed E-state index contributed by atoms with van der Waals surface area (Å²) >= 11 is 3.31. The number of hydroxylamine groups is 1. The third-order valence-corrected chi connectivity index (χ3v) is 4.87. The number of rotatable bonds is 10. The summed E-state index contributed by atoms with van der Waals surface area (Å²) < 4.78 is 26.2. The van der Waals surface area contributed by atoms with Gasteiger partial charge in [-0.2, -0.15) is 0 Å². The molecule has 2 rings (SSSR count). The number of amides is 2. The molecule has 2 aromatic carbocycles. The van der Waals surface area contributed by atoms with Crippen molar-refractivity contribution >= 4 is 33.6 Å². The first-order valence-corrected chi connectivity index (χ1v) is 10.6. The summed E-state index contributed by atoms with van der Waals surface area (Å²) in [7, 11) is 0. The van der Waals surface area contributed by atoms with E-state index < -0.39 is 35.8 Å². The van der Waals surface area contributed by atoms with E-state index in [-0.39, 0.29) is 0 Å². The van der Waals surface area contributed by atoms with E-state index in [9.17, 15) is 19.1 Å². The second-order valence-corrected chi connectivity index (χ2v) is 7.53. The third kappa shape index (κ3) is 7.95. The van der Waals surface area contributed by atoms with Crippen molar-refractivity contribution in [2.24, 2.45) is 0 Å². The van der Waals surface area contributed by atoms with Crippen LogP contribution < -0.4 is 10.8 Å². The highest BCUT2D eigenvalue weighted by molar-refractivity contribution is 9.10. The number of benzene rings is 2. The Morgan fingerprint density at radius 1 is 1.22 bits per heavy atom. The highest BCUT2D eigenvalue weighted by atomic mass is 79.9. The Hall–Kier alpha value is -2.95. The van der Waals surface area contributed by atoms with Crippen LogP contribution in [-0.2, 0) is 14.3 Å². The Morgan fingerprint density at radius 2 is 1.94 bits per heavy atom. The van der Waals surface area contributed by atoms with Crippen LogP contribution in [0.2, 0.25) is 0 Å². The summed E-state index contributed by atoms with van der Waals surface area (Å²) in [4.78, 5) is 23.7. The molecule has 0 saturated heterocycles. The molecular formula is C22H24BrFN2O6. The lowest BCUT2D eigenvalue weighted by Crippen LogP contribution is -2.29. The molecule has 4 N–H and O–H groups in total. The van der Waals surface area contributed by atoms with Gasteiger partial charge in [0.25, 0.3) is 5.91 Å². The van der Waals surface area contributed by atoms with Gasteiger partial charge >= 0.3 is 6.09 Å². The van der Waals surface area contributed by atoms with Crippen LogP contribution in [0.15, 0.2) is 59.1 Å². The number of phenolic OH excluding ortho intramolecular Hbond substituents is 1. The lowest BCUT2D eigenvalue weighted by molar-refractivity contribution is -0.124. The summed E-state index contributed by atoms with van der Waals surface area (Å²) in [6.07, 6.45) is 0.898. The summed E-state index contributed by atoms with van der Waals surface area (Å²) in [6, 6.07) is 10.5. The zero-order valence-corrected chi connectivity index (χ0v) is 18.8. The van der Waals surface area contributed by atoms with Crippen LogP contribution in [0.3, 0.4) is 0 Å². The molecule has 32 heavy (non-hydrogen) atoms. The van der Waals surface area contributed by atoms with Crippen LogP contribution in [0.5, 0.6) is 5.75 Å². The van der Waals surface area contributed by atoms with E-state index in [0.29, 0.717) is 30.7 Å². The highest BCUT2D eigenvalue weighted by Gasteiger charge is 2.28. The molecule has 2 amide bonds. The van der Waals surface area contributed by atoms with Crippen molar-refractivity contribution in [1.82, 2.24) is 5.48 Å². The van der Waals surface area contributed by atoms with E-state index in [0.717, 1.165) is 16.6 Å². The standard InChI is InChI=1S/C22H24BrFN2O6/c1-2-31-19(5-3-4-6-20(28)26-30)21(14-7-12-18(27)17(24)13-14)32-22(29)25-16-10-8-15(23)9-11-16/h4,6-13,19,21,27,30H,2-3,5H2,1H3,(H,25,29)(H,26,28)/b6-4+/t19-,21-/m0/s1. The molecule has 2 aromatic rings. The molecule has 0 spiro atoms. The quantitative estimate of drug-likeness (QED) is 0.206. The van der Waals surface area contributed by atoms with Gasteiger partial charge in [-0.15, -0.1) is 0 Å². The number of aromatic hydroxyl groups is 1. The van der Waals surface area contributed by atoms with E-state index in [1.165, 1.54) is 23.7 Å². The lowest BCUT2D eigenvalue weighted by Gasteiger charge is -2.27. The Bertz CT molecular complexity index is 939. The van der Waals surface area contributed by atoms with Gasteiger partial charge in [0.1, 0.15) is 0 Å². The zero-order chi connectivity index (χ0) is 23.5. The van der Waals surface area contributed by atoms with Crippen LogP contribution in [0.1, 0.15) is 31.4 Å². The van der Waals surface area contributed by atoms with Crippen LogP contribution in [-0.4, -0.2) is 35.0 Å². The molecule has 0 heterocycles. The van der Waals surface area contributed by atoms with Gasteiger partial charge in [-0.25, -0.2) is 14.7 Å². The van der Waals surface area contributed by atoms with Crippen LogP contribution >= 0.6 is 15.9 Å². The first-order chi connectivity index (χ1) is 15.3. The molecule has 0 aliphatic carbocycles. The Kier molecular flexibility index (Phi) is 10.1. The van der Waals surface area contributed by atoms with E-state index >= 15 is 0 Å². The normalized spacial score (nSPS) is 12.9. The van der Waals surface area contributed by atoms with Crippen LogP contribution in [0.25, 0.3) is 0 Å². The number of hydrogen-bond acceptors (Lipinski definition) is 6. The van der Waals surface area contributed by atoms with Crippen LogP contribution in [0, 0.1) is 5.82 Å². The van der Waals surface area contributed by atoms with Gasteiger partial charge in [0, 0.05) is 22.8 Å². The van der Waals surface area contributed by atoms with Crippen molar-refractivity contribution in [2.45, 2.75) is 32.0 Å². The number of anilines is 1. The van der Waals surface area contributed by atoms with Gasteiger partial charge < -0.3 is 14.6 Å². The molecule has 0 fully saturated rings. The maximum atomic E-state index is 14.0. The van der Waals surface area contributed by atoms with Crippen LogP contribution in [0.4, 0.5) is 14.9 Å². The topological polar surface area (TPSA) is 117 Å². The number of nitrogens with one attached hydrogen (secondary N) is 2. The lowest BCUT2D eigenvalue weighted by atomic mass is 9.99. The second-order valence-electron chi connectivity index (χ2n) is 6.62. The summed E-state index contributed by atoms with van der Waals surface area (Å²) in [5.74, 6) is -2.07. The molecule has 0 radical (unpaired) electrons. The summed E-state index contributed by atoms with van der Waals surface area (Å²) in [6.45, 7) is 2.05. The molecular weight excluding hydrogens is 487 g/mol. The zero-order valence-electron chi connectivity index (χ0n) is 17.3. The third-order valence-electron chi connectivity index (χ3n) is 4.34. The van der Waals surface area contributed by atoms with Crippen molar-refractivity contribution in [3.05, 3.63) is 70.5 Å². The largest absolute Gasteiger partial charge is 0.505 e. The minimum atomic E-state index is -0.999. The van der Waals surface area contributed by atoms with E-state index in [2.05, 4.69) is 21.2 Å². The van der Waals surface area contributed by atoms with Crippen molar-refractivity contribution in [2.75, 3.05) is 11.9 Å². The Labute approximate surface area is 193 Å². The fraction of sp³-hybridized carbons (Fsp3) is 0.273. The molecule has 0 aliphatic heterocycles. The molecule has 8 nitrogen and oxygen atoms in total. The fourth-order valence-electron chi connectivity index (χ4n) is 2.88. The minimum Gasteiger partial charge on any atom is -0.505 e. The molecule has 0 bridgehead atoms. The van der Waals surface area contributed by atoms with Gasteiger partial charge in [0.05, 0.1) is 6.10 Å². The van der Waals surface area contributed by atoms with Crippen molar-refractivity contribution < 1.29 is 33.8 Å². The number of carbonyl (C=O) groups excluding carboxylic acids is 2. The molecule has 172 valence electrons. The predicted molar refractivity (Wildman–Crippen MR) is 119 cm³/mol. The van der Waals surface area contributed by atoms with Gasteiger partial charge in [-0.1, -0.05) is 28.1 Å². The minimum absolute atomic E-state index is 0.292. The number of allylic oxidation sites excluding steroid dienone is 1.